The van der Waals surface area contributed by atoms with E-state index in [4.69, 9.17) is 6.42 Å². The van der Waals surface area contributed by atoms with Crippen LogP contribution < -0.4 is 5.32 Å². The van der Waals surface area contributed by atoms with Gasteiger partial charge in [-0.05, 0) is 50.5 Å². The third-order valence-electron chi connectivity index (χ3n) is 3.52. The van der Waals surface area contributed by atoms with Crippen LogP contribution in [0.15, 0.2) is 0 Å². The molecule has 0 aromatic carbocycles. The normalized spacial score (nSPS) is 21.1. The molecule has 86 valence electrons. The fraction of sp³-hybridized carbons (Fsp3) is 0.857. The van der Waals surface area contributed by atoms with E-state index in [0.717, 1.165) is 19.0 Å². The van der Waals surface area contributed by atoms with E-state index >= 15 is 0 Å². The summed E-state index contributed by atoms with van der Waals surface area (Å²) in [5.41, 5.74) is 0.585. The summed E-state index contributed by atoms with van der Waals surface area (Å²) >= 11 is 0. The van der Waals surface area contributed by atoms with Crippen LogP contribution in [0.4, 0.5) is 0 Å². The number of hydrogen-bond donors (Lipinski definition) is 1. The van der Waals surface area contributed by atoms with E-state index in [1.807, 2.05) is 0 Å². The molecule has 0 bridgehead atoms. The second kappa shape index (κ2) is 6.18. The van der Waals surface area contributed by atoms with Crippen molar-refractivity contribution in [1.29, 1.82) is 0 Å². The molecule has 1 rings (SSSR count). The van der Waals surface area contributed by atoms with Crippen LogP contribution in [0.5, 0.6) is 0 Å². The molecule has 0 unspecified atom stereocenters. The van der Waals surface area contributed by atoms with Crippen LogP contribution >= 0.6 is 0 Å². The summed E-state index contributed by atoms with van der Waals surface area (Å²) in [6, 6.07) is 0.767. The van der Waals surface area contributed by atoms with Crippen molar-refractivity contribution >= 4 is 0 Å². The van der Waals surface area contributed by atoms with Crippen molar-refractivity contribution in [3.63, 3.8) is 0 Å². The topological polar surface area (TPSA) is 12.0 Å². The van der Waals surface area contributed by atoms with Crippen molar-refractivity contribution in [1.82, 2.24) is 5.32 Å². The first-order valence-corrected chi connectivity index (χ1v) is 6.31. The lowest BCUT2D eigenvalue weighted by atomic mass is 9.75. The van der Waals surface area contributed by atoms with Gasteiger partial charge in [-0.3, -0.25) is 0 Å². The highest BCUT2D eigenvalue weighted by Gasteiger charge is 2.25. The Labute approximate surface area is 95.0 Å². The molecule has 1 aliphatic carbocycles. The average Bonchev–Trinajstić information content (AvgIpc) is 2.20. The zero-order chi connectivity index (χ0) is 11.1. The Balaban J connectivity index is 2.02. The van der Waals surface area contributed by atoms with Gasteiger partial charge in [0.05, 0.1) is 0 Å². The first kappa shape index (κ1) is 12.6. The fourth-order valence-corrected chi connectivity index (χ4v) is 2.26. The average molecular weight is 207 g/mol. The molecule has 1 aliphatic rings. The Hall–Kier alpha value is -0.480. The van der Waals surface area contributed by atoms with E-state index in [1.54, 1.807) is 0 Å². The molecule has 1 N–H and O–H groups in total. The SMILES string of the molecule is C#CCCCCNC1CCC(C)(C)CC1. The van der Waals surface area contributed by atoms with E-state index in [2.05, 4.69) is 25.1 Å². The molecular formula is C14H25N. The fourth-order valence-electron chi connectivity index (χ4n) is 2.26. The van der Waals surface area contributed by atoms with Gasteiger partial charge in [-0.1, -0.05) is 13.8 Å². The largest absolute Gasteiger partial charge is 0.314 e. The lowest BCUT2D eigenvalue weighted by molar-refractivity contribution is 0.206. The summed E-state index contributed by atoms with van der Waals surface area (Å²) in [7, 11) is 0. The number of nitrogens with one attached hydrogen (secondary N) is 1. The Morgan fingerprint density at radius 3 is 2.53 bits per heavy atom. The molecule has 1 fully saturated rings. The Kier molecular flexibility index (Phi) is 5.19. The molecule has 1 heteroatoms. The van der Waals surface area contributed by atoms with Crippen LogP contribution in [0.1, 0.15) is 58.8 Å². The van der Waals surface area contributed by atoms with Crippen molar-refractivity contribution in [3.8, 4) is 12.3 Å². The number of rotatable bonds is 5. The predicted molar refractivity (Wildman–Crippen MR) is 66.7 cm³/mol. The molecule has 0 radical (unpaired) electrons. The van der Waals surface area contributed by atoms with Gasteiger partial charge in [0.1, 0.15) is 0 Å². The van der Waals surface area contributed by atoms with E-state index in [9.17, 15) is 0 Å². The molecule has 0 spiro atoms. The van der Waals surface area contributed by atoms with Crippen molar-refractivity contribution in [2.45, 2.75) is 64.8 Å². The molecule has 0 saturated heterocycles. The first-order valence-electron chi connectivity index (χ1n) is 6.31. The van der Waals surface area contributed by atoms with Gasteiger partial charge >= 0.3 is 0 Å². The monoisotopic (exact) mass is 207 g/mol. The third-order valence-corrected chi connectivity index (χ3v) is 3.52. The van der Waals surface area contributed by atoms with Gasteiger partial charge in [-0.25, -0.2) is 0 Å². The van der Waals surface area contributed by atoms with Crippen molar-refractivity contribution < 1.29 is 0 Å². The van der Waals surface area contributed by atoms with Gasteiger partial charge in [-0.2, -0.15) is 0 Å². The zero-order valence-corrected chi connectivity index (χ0v) is 10.3. The number of terminal acetylenes is 1. The Morgan fingerprint density at radius 1 is 1.27 bits per heavy atom. The van der Waals surface area contributed by atoms with Crippen molar-refractivity contribution in [3.05, 3.63) is 0 Å². The van der Waals surface area contributed by atoms with Crippen molar-refractivity contribution in [2.75, 3.05) is 6.54 Å². The van der Waals surface area contributed by atoms with Gasteiger partial charge in [0, 0.05) is 12.5 Å². The summed E-state index contributed by atoms with van der Waals surface area (Å²) in [6.07, 6.45) is 14.0. The van der Waals surface area contributed by atoms with Crippen LogP contribution in [0.25, 0.3) is 0 Å². The van der Waals surface area contributed by atoms with Crippen LogP contribution in [0.2, 0.25) is 0 Å². The number of hydrogen-bond acceptors (Lipinski definition) is 1. The van der Waals surface area contributed by atoms with E-state index in [-0.39, 0.29) is 0 Å². The molecule has 0 amide bonds. The van der Waals surface area contributed by atoms with Crippen LogP contribution in [0.3, 0.4) is 0 Å². The number of unbranched alkanes of at least 4 members (excludes halogenated alkanes) is 2. The lowest BCUT2D eigenvalue weighted by Gasteiger charge is -2.34. The molecular weight excluding hydrogens is 182 g/mol. The van der Waals surface area contributed by atoms with E-state index in [1.165, 1.54) is 38.5 Å². The van der Waals surface area contributed by atoms with Gasteiger partial charge < -0.3 is 5.32 Å². The maximum Gasteiger partial charge on any atom is 0.00865 e. The van der Waals surface area contributed by atoms with Gasteiger partial charge in [-0.15, -0.1) is 12.3 Å². The van der Waals surface area contributed by atoms with Crippen molar-refractivity contribution in [2.24, 2.45) is 5.41 Å². The zero-order valence-electron chi connectivity index (χ0n) is 10.3. The van der Waals surface area contributed by atoms with E-state index in [0.29, 0.717) is 5.41 Å². The molecule has 0 atom stereocenters. The maximum absolute atomic E-state index is 5.21. The molecule has 0 aliphatic heterocycles. The minimum Gasteiger partial charge on any atom is -0.314 e. The van der Waals surface area contributed by atoms with Crippen LogP contribution in [-0.4, -0.2) is 12.6 Å². The predicted octanol–water partition coefficient (Wildman–Crippen LogP) is 3.35. The van der Waals surface area contributed by atoms with Gasteiger partial charge in [0.2, 0.25) is 0 Å². The third kappa shape index (κ3) is 5.23. The Morgan fingerprint density at radius 2 is 1.93 bits per heavy atom. The molecule has 0 aromatic rings. The molecule has 0 heterocycles. The first-order chi connectivity index (χ1) is 7.14. The second-order valence-corrected chi connectivity index (χ2v) is 5.55. The highest BCUT2D eigenvalue weighted by molar-refractivity contribution is 4.84. The van der Waals surface area contributed by atoms with E-state index < -0.39 is 0 Å². The molecule has 0 aromatic heterocycles. The summed E-state index contributed by atoms with van der Waals surface area (Å²) < 4.78 is 0. The highest BCUT2D eigenvalue weighted by atomic mass is 14.9. The minimum atomic E-state index is 0.585. The molecule has 15 heavy (non-hydrogen) atoms. The smallest absolute Gasteiger partial charge is 0.00865 e. The van der Waals surface area contributed by atoms with Gasteiger partial charge in [0.15, 0.2) is 0 Å². The molecule has 1 nitrogen and oxygen atoms in total. The summed E-state index contributed by atoms with van der Waals surface area (Å²) in [4.78, 5) is 0. The van der Waals surface area contributed by atoms with Gasteiger partial charge in [0.25, 0.3) is 0 Å². The standard InChI is InChI=1S/C14H25N/c1-4-5-6-7-12-15-13-8-10-14(2,3)11-9-13/h1,13,15H,5-12H2,2-3H3. The summed E-state index contributed by atoms with van der Waals surface area (Å²) in [5.74, 6) is 2.69. The minimum absolute atomic E-state index is 0.585. The maximum atomic E-state index is 5.21. The molecule has 1 saturated carbocycles. The summed E-state index contributed by atoms with van der Waals surface area (Å²) in [6.45, 7) is 5.92. The van der Waals surface area contributed by atoms with Crippen LogP contribution in [0, 0.1) is 17.8 Å². The Bertz CT molecular complexity index is 202. The lowest BCUT2D eigenvalue weighted by Crippen LogP contribution is -2.36. The van der Waals surface area contributed by atoms with Crippen LogP contribution in [-0.2, 0) is 0 Å². The second-order valence-electron chi connectivity index (χ2n) is 5.55. The summed E-state index contributed by atoms with van der Waals surface area (Å²) in [5, 5.41) is 3.65. The highest BCUT2D eigenvalue weighted by Crippen LogP contribution is 2.34. The quantitative estimate of drug-likeness (QED) is 0.538.